The molecule has 2 amide bonds. The lowest BCUT2D eigenvalue weighted by Crippen LogP contribution is -2.43. The molecule has 2 heterocycles. The molecule has 0 radical (unpaired) electrons. The van der Waals surface area contributed by atoms with Gasteiger partial charge in [-0.1, -0.05) is 0 Å². The van der Waals surface area contributed by atoms with Gasteiger partial charge in [-0.2, -0.15) is 0 Å². The molecule has 2 aliphatic rings. The highest BCUT2D eigenvalue weighted by molar-refractivity contribution is 6.08. The predicted molar refractivity (Wildman–Crippen MR) is 96.5 cm³/mol. The molecular formula is C19H16F3N3O3. The average molecular weight is 391 g/mol. The highest BCUT2D eigenvalue weighted by Crippen LogP contribution is 2.37. The van der Waals surface area contributed by atoms with Gasteiger partial charge in [-0.3, -0.25) is 9.59 Å². The quantitative estimate of drug-likeness (QED) is 0.836. The summed E-state index contributed by atoms with van der Waals surface area (Å²) in [6.07, 6.45) is -3.03. The van der Waals surface area contributed by atoms with Crippen molar-refractivity contribution in [2.75, 3.05) is 22.1 Å². The van der Waals surface area contributed by atoms with Crippen LogP contribution in [0.4, 0.5) is 30.2 Å². The van der Waals surface area contributed by atoms with E-state index in [4.69, 9.17) is 0 Å². The van der Waals surface area contributed by atoms with E-state index in [1.54, 1.807) is 18.2 Å². The van der Waals surface area contributed by atoms with Crippen LogP contribution < -0.4 is 20.3 Å². The zero-order valence-corrected chi connectivity index (χ0v) is 14.5. The Bertz CT molecular complexity index is 928. The average Bonchev–Trinajstić information content (AvgIpc) is 3.12. The topological polar surface area (TPSA) is 70.7 Å². The molecule has 0 spiro atoms. The van der Waals surface area contributed by atoms with Crippen molar-refractivity contribution >= 4 is 28.9 Å². The molecule has 6 nitrogen and oxygen atoms in total. The molecule has 0 bridgehead atoms. The number of benzene rings is 2. The number of hydrogen-bond acceptors (Lipinski definition) is 4. The third-order valence-electron chi connectivity index (χ3n) is 4.73. The minimum atomic E-state index is -4.77. The van der Waals surface area contributed by atoms with Crippen LogP contribution in [0.2, 0.25) is 0 Å². The van der Waals surface area contributed by atoms with E-state index in [0.29, 0.717) is 16.9 Å². The lowest BCUT2D eigenvalue weighted by molar-refractivity contribution is -0.274. The number of hydrogen-bond donors (Lipinski definition) is 2. The number of alkyl halides is 3. The van der Waals surface area contributed by atoms with Crippen LogP contribution in [0, 0.1) is 0 Å². The lowest BCUT2D eigenvalue weighted by atomic mass is 10.1. The highest BCUT2D eigenvalue weighted by atomic mass is 19.4. The van der Waals surface area contributed by atoms with Crippen molar-refractivity contribution in [2.24, 2.45) is 0 Å². The van der Waals surface area contributed by atoms with Gasteiger partial charge in [0.25, 0.3) is 5.91 Å². The number of carbonyl (C=O) groups excluding carboxylic acids is 2. The second kappa shape index (κ2) is 6.74. The van der Waals surface area contributed by atoms with E-state index in [9.17, 15) is 22.8 Å². The van der Waals surface area contributed by atoms with E-state index < -0.39 is 12.3 Å². The summed E-state index contributed by atoms with van der Waals surface area (Å²) in [5, 5.41) is 5.45. The van der Waals surface area contributed by atoms with Crippen molar-refractivity contribution in [2.45, 2.75) is 25.2 Å². The molecule has 28 heavy (non-hydrogen) atoms. The Morgan fingerprint density at radius 1 is 1.18 bits per heavy atom. The van der Waals surface area contributed by atoms with E-state index >= 15 is 0 Å². The number of nitrogens with zero attached hydrogens (tertiary/aromatic N) is 1. The Morgan fingerprint density at radius 2 is 1.93 bits per heavy atom. The third kappa shape index (κ3) is 3.60. The molecule has 2 aromatic carbocycles. The molecule has 2 aromatic rings. The molecule has 0 aliphatic carbocycles. The molecule has 1 atom stereocenters. The number of anilines is 3. The predicted octanol–water partition coefficient (Wildman–Crippen LogP) is 3.76. The molecule has 2 aliphatic heterocycles. The number of ether oxygens (including phenoxy) is 1. The molecule has 1 saturated heterocycles. The number of carbonyl (C=O) groups is 2. The smallest absolute Gasteiger partial charge is 0.406 e. The van der Waals surface area contributed by atoms with Crippen molar-refractivity contribution in [3.63, 3.8) is 0 Å². The van der Waals surface area contributed by atoms with Gasteiger partial charge in [0.1, 0.15) is 11.8 Å². The monoisotopic (exact) mass is 391 g/mol. The maximum Gasteiger partial charge on any atom is 0.573 e. The van der Waals surface area contributed by atoms with Gasteiger partial charge >= 0.3 is 6.36 Å². The van der Waals surface area contributed by atoms with Crippen molar-refractivity contribution < 1.29 is 27.5 Å². The van der Waals surface area contributed by atoms with Gasteiger partial charge in [-0.25, -0.2) is 0 Å². The number of amides is 2. The zero-order chi connectivity index (χ0) is 19.9. The number of nitrogens with one attached hydrogen (secondary N) is 2. The maximum absolute atomic E-state index is 12.5. The van der Waals surface area contributed by atoms with Gasteiger partial charge in [-0.05, 0) is 55.3 Å². The van der Waals surface area contributed by atoms with Gasteiger partial charge in [0, 0.05) is 17.8 Å². The summed E-state index contributed by atoms with van der Waals surface area (Å²) in [6.45, 7) is 0.795. The van der Waals surface area contributed by atoms with E-state index in [0.717, 1.165) is 37.2 Å². The normalized spacial score (nSPS) is 18.2. The second-order valence-electron chi connectivity index (χ2n) is 6.60. The lowest BCUT2D eigenvalue weighted by Gasteiger charge is -2.33. The van der Waals surface area contributed by atoms with Crippen LogP contribution >= 0.6 is 0 Å². The fourth-order valence-electron chi connectivity index (χ4n) is 3.51. The van der Waals surface area contributed by atoms with Crippen LogP contribution in [0.3, 0.4) is 0 Å². The molecule has 4 rings (SSSR count). The summed E-state index contributed by atoms with van der Waals surface area (Å²) in [4.78, 5) is 26.7. The standard InChI is InChI=1S/C19H16F3N3O3/c20-19(21,22)28-13-6-4-12(5-7-13)23-17(26)11-3-8-15-14(10-11)24-18(27)16-2-1-9-25(15)16/h3-8,10,16H,1-2,9H2,(H,23,26)(H,24,27)/t16-/m0/s1. The second-order valence-corrected chi connectivity index (χ2v) is 6.60. The van der Waals surface area contributed by atoms with Gasteiger partial charge in [-0.15, -0.1) is 13.2 Å². The molecule has 0 aromatic heterocycles. The summed E-state index contributed by atoms with van der Waals surface area (Å²) >= 11 is 0. The van der Waals surface area contributed by atoms with Crippen LogP contribution in [0.5, 0.6) is 5.75 Å². The van der Waals surface area contributed by atoms with Crippen molar-refractivity contribution in [1.82, 2.24) is 0 Å². The van der Waals surface area contributed by atoms with Crippen LogP contribution in [0.1, 0.15) is 23.2 Å². The van der Waals surface area contributed by atoms with Crippen LogP contribution in [0.25, 0.3) is 0 Å². The Hall–Kier alpha value is -3.23. The minimum absolute atomic E-state index is 0.0807. The van der Waals surface area contributed by atoms with Crippen LogP contribution in [-0.4, -0.2) is 30.8 Å². The number of rotatable bonds is 3. The highest BCUT2D eigenvalue weighted by Gasteiger charge is 2.36. The van der Waals surface area contributed by atoms with Crippen molar-refractivity contribution in [3.8, 4) is 5.75 Å². The van der Waals surface area contributed by atoms with Crippen molar-refractivity contribution in [3.05, 3.63) is 48.0 Å². The van der Waals surface area contributed by atoms with E-state index in [1.807, 2.05) is 4.90 Å². The van der Waals surface area contributed by atoms with E-state index in [-0.39, 0.29) is 17.7 Å². The Morgan fingerprint density at radius 3 is 2.64 bits per heavy atom. The zero-order valence-electron chi connectivity index (χ0n) is 14.5. The fraction of sp³-hybridized carbons (Fsp3) is 0.263. The molecule has 146 valence electrons. The Kier molecular flexibility index (Phi) is 4.37. The van der Waals surface area contributed by atoms with Gasteiger partial charge in [0.05, 0.1) is 11.4 Å². The SMILES string of the molecule is O=C(Nc1ccc(OC(F)(F)F)cc1)c1ccc2c(c1)NC(=O)[C@@H]1CCCN21. The summed E-state index contributed by atoms with van der Waals surface area (Å²) in [5.41, 5.74) is 2.10. The minimum Gasteiger partial charge on any atom is -0.406 e. The maximum atomic E-state index is 12.5. The first kappa shape index (κ1) is 18.1. The van der Waals surface area contributed by atoms with E-state index in [1.165, 1.54) is 12.1 Å². The summed E-state index contributed by atoms with van der Waals surface area (Å²) in [7, 11) is 0. The van der Waals surface area contributed by atoms with Gasteiger partial charge in [0.15, 0.2) is 0 Å². The summed E-state index contributed by atoms with van der Waals surface area (Å²) in [5.74, 6) is -0.893. The molecule has 1 fully saturated rings. The summed E-state index contributed by atoms with van der Waals surface area (Å²) < 4.78 is 40.4. The molecule has 9 heteroatoms. The van der Waals surface area contributed by atoms with Crippen LogP contribution in [0.15, 0.2) is 42.5 Å². The third-order valence-corrected chi connectivity index (χ3v) is 4.73. The first-order chi connectivity index (χ1) is 13.3. The Labute approximate surface area is 158 Å². The van der Waals surface area contributed by atoms with Gasteiger partial charge in [0.2, 0.25) is 5.91 Å². The van der Waals surface area contributed by atoms with E-state index in [2.05, 4.69) is 15.4 Å². The molecule has 0 unspecified atom stereocenters. The van der Waals surface area contributed by atoms with Crippen molar-refractivity contribution in [1.29, 1.82) is 0 Å². The molecular weight excluding hydrogens is 375 g/mol. The van der Waals surface area contributed by atoms with Crippen LogP contribution in [-0.2, 0) is 4.79 Å². The summed E-state index contributed by atoms with van der Waals surface area (Å²) in [6, 6.07) is 9.74. The largest absolute Gasteiger partial charge is 0.573 e. The first-order valence-corrected chi connectivity index (χ1v) is 8.69. The Balaban J connectivity index is 1.49. The number of fused-ring (bicyclic) bond motifs is 3. The van der Waals surface area contributed by atoms with Gasteiger partial charge < -0.3 is 20.3 Å². The fourth-order valence-corrected chi connectivity index (χ4v) is 3.51. The first-order valence-electron chi connectivity index (χ1n) is 8.69. The molecule has 2 N–H and O–H groups in total. The number of halogens is 3. The molecule has 0 saturated carbocycles.